The van der Waals surface area contributed by atoms with Gasteiger partial charge in [0.15, 0.2) is 9.84 Å². The van der Waals surface area contributed by atoms with Crippen LogP contribution in [0.5, 0.6) is 0 Å². The molecule has 1 aromatic rings. The van der Waals surface area contributed by atoms with E-state index in [1.54, 1.807) is 0 Å². The normalized spacial score (nSPS) is 24.3. The fourth-order valence-electron chi connectivity index (χ4n) is 3.78. The number of sulfone groups is 1. The number of carbonyl (C=O) groups excluding carboxylic acids is 1. The van der Waals surface area contributed by atoms with Gasteiger partial charge < -0.3 is 5.32 Å². The van der Waals surface area contributed by atoms with Crippen LogP contribution in [0.2, 0.25) is 0 Å². The van der Waals surface area contributed by atoms with Crippen LogP contribution >= 0.6 is 0 Å². The highest BCUT2D eigenvalue weighted by atomic mass is 32.2. The van der Waals surface area contributed by atoms with Crippen molar-refractivity contribution in [3.8, 4) is 0 Å². The van der Waals surface area contributed by atoms with Gasteiger partial charge in [-0.15, -0.1) is 0 Å². The average molecular weight is 366 g/mol. The van der Waals surface area contributed by atoms with Gasteiger partial charge in [-0.3, -0.25) is 9.69 Å². The molecule has 0 bridgehead atoms. The number of likely N-dealkylation sites (tertiary alicyclic amines) is 1. The number of piperidine rings is 1. The molecule has 2 fully saturated rings. The van der Waals surface area contributed by atoms with Crippen LogP contribution in [0, 0.1) is 19.8 Å². The standard InChI is InChI=1S/C17H26N4O3S/c1-12-9-13(2)20-16(19-12)10-18-17(22)14-3-6-21(7-4-14)15-5-8-25(23,24)11-15/h9,14-15H,3-8,10-11H2,1-2H3,(H,18,22)/t15-/m1/s1. The quantitative estimate of drug-likeness (QED) is 0.839. The van der Waals surface area contributed by atoms with Crippen LogP contribution in [0.15, 0.2) is 6.07 Å². The molecule has 25 heavy (non-hydrogen) atoms. The van der Waals surface area contributed by atoms with Crippen LogP contribution in [0.25, 0.3) is 0 Å². The molecule has 1 atom stereocenters. The van der Waals surface area contributed by atoms with E-state index in [4.69, 9.17) is 0 Å². The first-order valence-electron chi connectivity index (χ1n) is 8.86. The first-order valence-corrected chi connectivity index (χ1v) is 10.7. The van der Waals surface area contributed by atoms with Crippen molar-refractivity contribution in [2.45, 2.75) is 45.7 Å². The van der Waals surface area contributed by atoms with Crippen LogP contribution in [0.3, 0.4) is 0 Å². The second-order valence-corrected chi connectivity index (χ2v) is 9.38. The summed E-state index contributed by atoms with van der Waals surface area (Å²) in [6, 6.07) is 2.04. The molecule has 0 unspecified atom stereocenters. The summed E-state index contributed by atoms with van der Waals surface area (Å²) >= 11 is 0. The zero-order valence-corrected chi connectivity index (χ0v) is 15.7. The molecular formula is C17H26N4O3S. The molecule has 3 rings (SSSR count). The highest BCUT2D eigenvalue weighted by Crippen LogP contribution is 2.24. The van der Waals surface area contributed by atoms with Crippen molar-refractivity contribution in [3.63, 3.8) is 0 Å². The van der Waals surface area contributed by atoms with Gasteiger partial charge in [-0.1, -0.05) is 0 Å². The zero-order chi connectivity index (χ0) is 18.0. The second-order valence-electron chi connectivity index (χ2n) is 7.15. The van der Waals surface area contributed by atoms with E-state index >= 15 is 0 Å². The van der Waals surface area contributed by atoms with Crippen molar-refractivity contribution >= 4 is 15.7 Å². The van der Waals surface area contributed by atoms with Gasteiger partial charge in [0.1, 0.15) is 5.82 Å². The van der Waals surface area contributed by atoms with E-state index in [0.29, 0.717) is 18.1 Å². The SMILES string of the molecule is Cc1cc(C)nc(CNC(=O)C2CCN([C@@H]3CCS(=O)(=O)C3)CC2)n1. The Morgan fingerprint density at radius 3 is 2.40 bits per heavy atom. The molecule has 1 amide bonds. The third-order valence-corrected chi connectivity index (χ3v) is 6.82. The van der Waals surface area contributed by atoms with E-state index in [-0.39, 0.29) is 23.6 Å². The molecule has 8 heteroatoms. The van der Waals surface area contributed by atoms with Gasteiger partial charge in [-0.25, -0.2) is 18.4 Å². The molecule has 2 aliphatic heterocycles. The Morgan fingerprint density at radius 2 is 1.84 bits per heavy atom. The number of nitrogens with zero attached hydrogens (tertiary/aromatic N) is 3. The number of hydrogen-bond donors (Lipinski definition) is 1. The first kappa shape index (κ1) is 18.3. The van der Waals surface area contributed by atoms with Crippen LogP contribution < -0.4 is 5.32 Å². The molecule has 0 aromatic carbocycles. The Hall–Kier alpha value is -1.54. The van der Waals surface area contributed by atoms with Gasteiger partial charge in [0.2, 0.25) is 5.91 Å². The largest absolute Gasteiger partial charge is 0.349 e. The van der Waals surface area contributed by atoms with Crippen molar-refractivity contribution in [2.75, 3.05) is 24.6 Å². The predicted molar refractivity (Wildman–Crippen MR) is 94.7 cm³/mol. The number of nitrogens with one attached hydrogen (secondary N) is 1. The summed E-state index contributed by atoms with van der Waals surface area (Å²) in [6.07, 6.45) is 2.27. The van der Waals surface area contributed by atoms with Gasteiger partial charge in [0.25, 0.3) is 0 Å². The summed E-state index contributed by atoms with van der Waals surface area (Å²) in [7, 11) is -2.86. The highest BCUT2D eigenvalue weighted by Gasteiger charge is 2.35. The minimum Gasteiger partial charge on any atom is -0.349 e. The van der Waals surface area contributed by atoms with E-state index in [9.17, 15) is 13.2 Å². The predicted octanol–water partition coefficient (Wildman–Crippen LogP) is 0.609. The minimum absolute atomic E-state index is 0.0137. The minimum atomic E-state index is -2.86. The van der Waals surface area contributed by atoms with Gasteiger partial charge in [0, 0.05) is 23.3 Å². The summed E-state index contributed by atoms with van der Waals surface area (Å²) in [4.78, 5) is 23.3. The molecule has 1 aromatic heterocycles. The van der Waals surface area contributed by atoms with Gasteiger partial charge in [-0.2, -0.15) is 0 Å². The third-order valence-electron chi connectivity index (χ3n) is 5.07. The molecular weight excluding hydrogens is 340 g/mol. The van der Waals surface area contributed by atoms with Gasteiger partial charge >= 0.3 is 0 Å². The number of aromatic nitrogens is 2. The summed E-state index contributed by atoms with van der Waals surface area (Å²) < 4.78 is 23.2. The van der Waals surface area contributed by atoms with Crippen molar-refractivity contribution in [1.29, 1.82) is 0 Å². The Balaban J connectivity index is 1.47. The molecule has 2 aliphatic rings. The molecule has 1 N–H and O–H groups in total. The molecule has 138 valence electrons. The Bertz CT molecular complexity index is 722. The molecule has 0 saturated carbocycles. The Labute approximate surface area is 149 Å². The van der Waals surface area contributed by atoms with E-state index in [1.165, 1.54) is 0 Å². The maximum atomic E-state index is 12.4. The fourth-order valence-corrected chi connectivity index (χ4v) is 5.54. The number of carbonyl (C=O) groups is 1. The third kappa shape index (κ3) is 4.76. The Morgan fingerprint density at radius 1 is 1.20 bits per heavy atom. The van der Waals surface area contributed by atoms with Crippen molar-refractivity contribution in [1.82, 2.24) is 20.2 Å². The lowest BCUT2D eigenvalue weighted by atomic mass is 9.94. The monoisotopic (exact) mass is 366 g/mol. The summed E-state index contributed by atoms with van der Waals surface area (Å²) in [5, 5.41) is 2.94. The zero-order valence-electron chi connectivity index (χ0n) is 14.9. The van der Waals surface area contributed by atoms with E-state index in [2.05, 4.69) is 20.2 Å². The highest BCUT2D eigenvalue weighted by molar-refractivity contribution is 7.91. The maximum absolute atomic E-state index is 12.4. The van der Waals surface area contributed by atoms with Crippen molar-refractivity contribution < 1.29 is 13.2 Å². The van der Waals surface area contributed by atoms with E-state index in [1.807, 2.05) is 19.9 Å². The van der Waals surface area contributed by atoms with Crippen LogP contribution in [0.1, 0.15) is 36.5 Å². The molecule has 7 nitrogen and oxygen atoms in total. The molecule has 0 spiro atoms. The maximum Gasteiger partial charge on any atom is 0.223 e. The molecule has 3 heterocycles. The number of amides is 1. The number of aryl methyl sites for hydroxylation is 2. The van der Waals surface area contributed by atoms with Crippen molar-refractivity contribution in [2.24, 2.45) is 5.92 Å². The number of rotatable bonds is 4. The average Bonchev–Trinajstić information content (AvgIpc) is 2.92. The molecule has 0 aliphatic carbocycles. The van der Waals surface area contributed by atoms with Gasteiger partial charge in [0.05, 0.1) is 18.1 Å². The fraction of sp³-hybridized carbons (Fsp3) is 0.706. The van der Waals surface area contributed by atoms with Crippen LogP contribution in [-0.2, 0) is 21.2 Å². The lowest BCUT2D eigenvalue weighted by Gasteiger charge is -2.34. The topological polar surface area (TPSA) is 92.3 Å². The van der Waals surface area contributed by atoms with E-state index < -0.39 is 9.84 Å². The molecule has 0 radical (unpaired) electrons. The molecule has 2 saturated heterocycles. The second kappa shape index (κ2) is 7.37. The number of hydrogen-bond acceptors (Lipinski definition) is 6. The van der Waals surface area contributed by atoms with Gasteiger partial charge in [-0.05, 0) is 52.3 Å². The lowest BCUT2D eigenvalue weighted by Crippen LogP contribution is -2.45. The summed E-state index contributed by atoms with van der Waals surface area (Å²) in [5.41, 5.74) is 1.80. The Kier molecular flexibility index (Phi) is 5.38. The van der Waals surface area contributed by atoms with E-state index in [0.717, 1.165) is 43.7 Å². The smallest absolute Gasteiger partial charge is 0.223 e. The first-order chi connectivity index (χ1) is 11.8. The van der Waals surface area contributed by atoms with Crippen LogP contribution in [-0.4, -0.2) is 59.8 Å². The summed E-state index contributed by atoms with van der Waals surface area (Å²) in [5.74, 6) is 1.24. The van der Waals surface area contributed by atoms with Crippen molar-refractivity contribution in [3.05, 3.63) is 23.3 Å². The lowest BCUT2D eigenvalue weighted by molar-refractivity contribution is -0.126. The van der Waals surface area contributed by atoms with Crippen LogP contribution in [0.4, 0.5) is 0 Å². The summed E-state index contributed by atoms with van der Waals surface area (Å²) in [6.45, 7) is 5.76.